The molecule has 0 unspecified atom stereocenters. The number of likely N-dealkylation sites (tertiary alicyclic amines) is 1. The second-order valence-electron chi connectivity index (χ2n) is 11.1. The van der Waals surface area contributed by atoms with Gasteiger partial charge in [-0.1, -0.05) is 32.0 Å². The second-order valence-corrected chi connectivity index (χ2v) is 11.1. The monoisotopic (exact) mass is 545 g/mol. The molecule has 1 spiro atoms. The molecule has 0 saturated carbocycles. The van der Waals surface area contributed by atoms with Crippen LogP contribution in [-0.4, -0.2) is 96.1 Å². The van der Waals surface area contributed by atoms with Crippen molar-refractivity contribution >= 4 is 23.6 Å². The highest BCUT2D eigenvalue weighted by Gasteiger charge is 2.46. The molecule has 3 saturated heterocycles. The van der Waals surface area contributed by atoms with Crippen LogP contribution in [0.15, 0.2) is 30.3 Å². The molecule has 1 aromatic rings. The third kappa shape index (κ3) is 7.46. The van der Waals surface area contributed by atoms with Crippen molar-refractivity contribution in [2.75, 3.05) is 32.8 Å². The van der Waals surface area contributed by atoms with E-state index >= 15 is 0 Å². The fourth-order valence-electron chi connectivity index (χ4n) is 5.69. The molecule has 3 aliphatic heterocycles. The van der Waals surface area contributed by atoms with Crippen LogP contribution in [0.2, 0.25) is 0 Å². The van der Waals surface area contributed by atoms with E-state index in [2.05, 4.69) is 16.0 Å². The van der Waals surface area contributed by atoms with E-state index in [4.69, 9.17) is 4.74 Å². The Labute approximate surface area is 229 Å². The smallest absolute Gasteiger partial charge is 0.260 e. The molecule has 1 aromatic carbocycles. The number of nitrogens with zero attached hydrogens (tertiary/aromatic N) is 2. The maximum atomic E-state index is 14.6. The van der Waals surface area contributed by atoms with Gasteiger partial charge in [0.05, 0.1) is 18.1 Å². The lowest BCUT2D eigenvalue weighted by Gasteiger charge is -2.43. The minimum absolute atomic E-state index is 0.0227. The van der Waals surface area contributed by atoms with Gasteiger partial charge in [0.15, 0.2) is 6.61 Å². The zero-order valence-corrected chi connectivity index (χ0v) is 22.8. The Bertz CT molecular complexity index is 1030. The molecule has 0 bridgehead atoms. The molecule has 3 heterocycles. The predicted octanol–water partition coefficient (Wildman–Crippen LogP) is 1.15. The van der Waals surface area contributed by atoms with Crippen molar-refractivity contribution < 1.29 is 28.3 Å². The fourth-order valence-corrected chi connectivity index (χ4v) is 5.69. The van der Waals surface area contributed by atoms with E-state index in [-0.39, 0.29) is 49.8 Å². The number of carbonyl (C=O) groups is 4. The van der Waals surface area contributed by atoms with Crippen molar-refractivity contribution in [2.24, 2.45) is 0 Å². The SMILES string of the molecule is CC(C)N[C@H]1CCCNC(=O)CC2(CCN(C(=O)COc3ccccc3)CC2)NC(=O)[C@@H]2C[C@H](F)CN2C1=O. The molecule has 4 rings (SSSR count). The van der Waals surface area contributed by atoms with Crippen molar-refractivity contribution in [2.45, 2.75) is 82.2 Å². The zero-order chi connectivity index (χ0) is 28.0. The van der Waals surface area contributed by atoms with Crippen LogP contribution in [0, 0.1) is 0 Å². The number of hydrogen-bond donors (Lipinski definition) is 3. The van der Waals surface area contributed by atoms with Gasteiger partial charge in [-0.3, -0.25) is 19.2 Å². The molecule has 3 fully saturated rings. The number of alkyl halides is 1. The molecule has 3 N–H and O–H groups in total. The van der Waals surface area contributed by atoms with Crippen LogP contribution in [-0.2, 0) is 19.2 Å². The number of nitrogens with one attached hydrogen (secondary N) is 3. The average Bonchev–Trinajstić information content (AvgIpc) is 3.30. The van der Waals surface area contributed by atoms with Crippen LogP contribution < -0.4 is 20.7 Å². The Morgan fingerprint density at radius 1 is 1.18 bits per heavy atom. The van der Waals surface area contributed by atoms with Crippen molar-refractivity contribution in [1.82, 2.24) is 25.8 Å². The highest BCUT2D eigenvalue weighted by Crippen LogP contribution is 2.29. The Balaban J connectivity index is 1.46. The van der Waals surface area contributed by atoms with Gasteiger partial charge in [-0.2, -0.15) is 0 Å². The molecule has 0 radical (unpaired) electrons. The summed E-state index contributed by atoms with van der Waals surface area (Å²) < 4.78 is 20.2. The van der Waals surface area contributed by atoms with Gasteiger partial charge in [0, 0.05) is 38.5 Å². The summed E-state index contributed by atoms with van der Waals surface area (Å²) in [4.78, 5) is 55.7. The van der Waals surface area contributed by atoms with Gasteiger partial charge >= 0.3 is 0 Å². The van der Waals surface area contributed by atoms with Gasteiger partial charge in [-0.25, -0.2) is 4.39 Å². The molecule has 3 aliphatic rings. The Morgan fingerprint density at radius 2 is 1.90 bits per heavy atom. The van der Waals surface area contributed by atoms with Crippen LogP contribution in [0.1, 0.15) is 52.4 Å². The summed E-state index contributed by atoms with van der Waals surface area (Å²) in [5.74, 6) is -0.515. The number of fused-ring (bicyclic) bond motifs is 1. The molecule has 4 amide bonds. The number of carbonyl (C=O) groups excluding carboxylic acids is 4. The first-order chi connectivity index (χ1) is 18.7. The standard InChI is InChI=1S/C28H40FN5O5/c1-19(2)31-22-9-6-12-30-24(35)16-28(32-26(37)23-15-20(29)17-34(23)27(22)38)10-13-33(14-11-28)25(36)18-39-21-7-4-3-5-8-21/h3-5,7-8,19-20,22-23,31H,6,9-18H2,1-2H3,(H,30,35)(H,32,37)/t20-,22-,23-/m0/s1. The van der Waals surface area contributed by atoms with E-state index < -0.39 is 29.7 Å². The topological polar surface area (TPSA) is 120 Å². The highest BCUT2D eigenvalue weighted by molar-refractivity contribution is 5.91. The van der Waals surface area contributed by atoms with Crippen LogP contribution in [0.25, 0.3) is 0 Å². The van der Waals surface area contributed by atoms with Crippen LogP contribution in [0.4, 0.5) is 4.39 Å². The highest BCUT2D eigenvalue weighted by atomic mass is 19.1. The lowest BCUT2D eigenvalue weighted by Crippen LogP contribution is -2.61. The molecule has 214 valence electrons. The molecule has 3 atom stereocenters. The van der Waals surface area contributed by atoms with Crippen molar-refractivity contribution in [1.29, 1.82) is 0 Å². The number of benzene rings is 1. The summed E-state index contributed by atoms with van der Waals surface area (Å²) >= 11 is 0. The molecule has 0 aliphatic carbocycles. The number of piperidine rings is 1. The normalized spacial score (nSPS) is 26.3. The van der Waals surface area contributed by atoms with Crippen molar-refractivity contribution in [3.8, 4) is 5.75 Å². The summed E-state index contributed by atoms with van der Waals surface area (Å²) in [6, 6.07) is 7.59. The number of hydrogen-bond acceptors (Lipinski definition) is 6. The Kier molecular flexibility index (Phi) is 9.42. The van der Waals surface area contributed by atoms with Crippen molar-refractivity contribution in [3.05, 3.63) is 30.3 Å². The van der Waals surface area contributed by atoms with Crippen molar-refractivity contribution in [3.63, 3.8) is 0 Å². The third-order valence-corrected chi connectivity index (χ3v) is 7.73. The minimum atomic E-state index is -1.29. The molecule has 39 heavy (non-hydrogen) atoms. The summed E-state index contributed by atoms with van der Waals surface area (Å²) in [5, 5.41) is 9.20. The van der Waals surface area contributed by atoms with E-state index in [9.17, 15) is 23.6 Å². The maximum Gasteiger partial charge on any atom is 0.260 e. The largest absolute Gasteiger partial charge is 0.484 e. The van der Waals surface area contributed by atoms with E-state index in [1.807, 2.05) is 32.0 Å². The predicted molar refractivity (Wildman–Crippen MR) is 143 cm³/mol. The summed E-state index contributed by atoms with van der Waals surface area (Å²) in [6.45, 7) is 4.69. The molecule has 10 nitrogen and oxygen atoms in total. The van der Waals surface area contributed by atoms with Crippen LogP contribution >= 0.6 is 0 Å². The maximum absolute atomic E-state index is 14.6. The minimum Gasteiger partial charge on any atom is -0.484 e. The number of ether oxygens (including phenoxy) is 1. The van der Waals surface area contributed by atoms with E-state index in [0.717, 1.165) is 0 Å². The van der Waals surface area contributed by atoms with Gasteiger partial charge in [0.2, 0.25) is 17.7 Å². The van der Waals surface area contributed by atoms with E-state index in [0.29, 0.717) is 51.1 Å². The fraction of sp³-hybridized carbons (Fsp3) is 0.643. The van der Waals surface area contributed by atoms with Gasteiger partial charge in [-0.05, 0) is 37.8 Å². The van der Waals surface area contributed by atoms with Gasteiger partial charge in [-0.15, -0.1) is 0 Å². The van der Waals surface area contributed by atoms with Gasteiger partial charge in [0.25, 0.3) is 5.91 Å². The van der Waals surface area contributed by atoms with Gasteiger partial charge in [0.1, 0.15) is 18.0 Å². The molecule has 0 aromatic heterocycles. The lowest BCUT2D eigenvalue weighted by atomic mass is 9.83. The van der Waals surface area contributed by atoms with Crippen LogP contribution in [0.3, 0.4) is 0 Å². The molecule has 11 heteroatoms. The second kappa shape index (κ2) is 12.8. The first-order valence-electron chi connectivity index (χ1n) is 13.9. The lowest BCUT2D eigenvalue weighted by molar-refractivity contribution is -0.142. The van der Waals surface area contributed by atoms with E-state index in [1.165, 1.54) is 4.90 Å². The number of rotatable bonds is 5. The van der Waals surface area contributed by atoms with Gasteiger partial charge < -0.3 is 30.5 Å². The summed E-state index contributed by atoms with van der Waals surface area (Å²) in [7, 11) is 0. The Hall–Kier alpha value is -3.21. The zero-order valence-electron chi connectivity index (χ0n) is 22.8. The van der Waals surface area contributed by atoms with E-state index in [1.54, 1.807) is 17.0 Å². The number of amides is 4. The summed E-state index contributed by atoms with van der Waals surface area (Å²) in [6.07, 6.45) is 0.440. The summed E-state index contributed by atoms with van der Waals surface area (Å²) in [5.41, 5.74) is -0.898. The quantitative estimate of drug-likeness (QED) is 0.511. The number of halogens is 1. The molecular formula is C28H40FN5O5. The van der Waals surface area contributed by atoms with Crippen LogP contribution in [0.5, 0.6) is 5.75 Å². The third-order valence-electron chi connectivity index (χ3n) is 7.73. The molecular weight excluding hydrogens is 505 g/mol. The average molecular weight is 546 g/mol. The number of para-hydroxylation sites is 1. The Morgan fingerprint density at radius 3 is 2.59 bits per heavy atom. The first kappa shape index (κ1) is 28.8. The first-order valence-corrected chi connectivity index (χ1v) is 13.9.